The van der Waals surface area contributed by atoms with E-state index in [0.29, 0.717) is 5.56 Å². The van der Waals surface area contributed by atoms with E-state index in [1.54, 1.807) is 0 Å². The van der Waals surface area contributed by atoms with E-state index in [4.69, 9.17) is 63.1 Å². The normalized spacial score (nSPS) is 25.7. The van der Waals surface area contributed by atoms with Gasteiger partial charge in [-0.1, -0.05) is 58.0 Å². The number of hydrogen-bond acceptors (Lipinski definition) is 1. The molecule has 1 fully saturated rings. The molecule has 1 N–H and O–H groups in total. The molecule has 7 heteroatoms. The van der Waals surface area contributed by atoms with Gasteiger partial charge in [0, 0.05) is 5.92 Å². The van der Waals surface area contributed by atoms with Crippen LogP contribution < -0.4 is 0 Å². The van der Waals surface area contributed by atoms with Crippen molar-refractivity contribution in [1.29, 1.82) is 0 Å². The average molecular weight is 334 g/mol. The van der Waals surface area contributed by atoms with Gasteiger partial charge in [-0.15, -0.1) is 0 Å². The number of benzene rings is 1. The van der Waals surface area contributed by atoms with E-state index in [0.717, 1.165) is 0 Å². The third-order valence-electron chi connectivity index (χ3n) is 2.68. The maximum Gasteiger partial charge on any atom is 0.310 e. The van der Waals surface area contributed by atoms with E-state index >= 15 is 0 Å². The van der Waals surface area contributed by atoms with Crippen LogP contribution in [0.15, 0.2) is 12.1 Å². The van der Waals surface area contributed by atoms with Gasteiger partial charge in [0.1, 0.15) is 4.33 Å². The summed E-state index contributed by atoms with van der Waals surface area (Å²) in [5.41, 5.74) is 0.571. The van der Waals surface area contributed by atoms with Crippen molar-refractivity contribution in [2.75, 3.05) is 0 Å². The Hall–Kier alpha value is 0.140. The minimum atomic E-state index is -1.33. The summed E-state index contributed by atoms with van der Waals surface area (Å²) < 4.78 is -1.33. The Balaban J connectivity index is 2.41. The predicted octanol–water partition coefficient (Wildman–Crippen LogP) is 4.62. The standard InChI is InChI=1S/C10H5Cl5O2/c11-4-1-3(2-5(12)8(4)13)6-7(9(16)17)10(6,14)15/h1-2,6-7H,(H,16,17)/t6?,7-/m1/s1. The highest BCUT2D eigenvalue weighted by molar-refractivity contribution is 6.53. The molecule has 0 spiro atoms. The number of carboxylic acid groups (broad SMARTS) is 1. The fraction of sp³-hybridized carbons (Fsp3) is 0.300. The Labute approximate surface area is 122 Å². The van der Waals surface area contributed by atoms with Gasteiger partial charge in [-0.3, -0.25) is 4.79 Å². The first-order valence-corrected chi connectivity index (χ1v) is 6.41. The van der Waals surface area contributed by atoms with Crippen molar-refractivity contribution in [3.8, 4) is 0 Å². The molecule has 1 aromatic rings. The highest BCUT2D eigenvalue weighted by atomic mass is 35.5. The van der Waals surface area contributed by atoms with Crippen molar-refractivity contribution in [2.24, 2.45) is 5.92 Å². The number of alkyl halides is 2. The Morgan fingerprint density at radius 3 is 2.00 bits per heavy atom. The molecule has 2 atom stereocenters. The number of carboxylic acids is 1. The highest BCUT2D eigenvalue weighted by Crippen LogP contribution is 2.65. The zero-order valence-electron chi connectivity index (χ0n) is 8.05. The van der Waals surface area contributed by atoms with Gasteiger partial charge >= 0.3 is 5.97 Å². The van der Waals surface area contributed by atoms with E-state index < -0.39 is 22.1 Å². The van der Waals surface area contributed by atoms with Crippen LogP contribution in [-0.4, -0.2) is 15.4 Å². The summed E-state index contributed by atoms with van der Waals surface area (Å²) in [7, 11) is 0. The molecule has 1 saturated carbocycles. The van der Waals surface area contributed by atoms with E-state index in [2.05, 4.69) is 0 Å². The topological polar surface area (TPSA) is 37.3 Å². The van der Waals surface area contributed by atoms with Gasteiger partial charge in [-0.25, -0.2) is 0 Å². The first-order valence-electron chi connectivity index (χ1n) is 4.52. The SMILES string of the molecule is O=C(O)[C@H]1C(c2cc(Cl)c(Cl)c(Cl)c2)C1(Cl)Cl. The molecule has 0 radical (unpaired) electrons. The fourth-order valence-electron chi connectivity index (χ4n) is 1.80. The molecule has 0 bridgehead atoms. The predicted molar refractivity (Wildman–Crippen MR) is 69.8 cm³/mol. The molecular weight excluding hydrogens is 329 g/mol. The van der Waals surface area contributed by atoms with Crippen LogP contribution in [0.5, 0.6) is 0 Å². The summed E-state index contributed by atoms with van der Waals surface area (Å²) in [5, 5.41) is 9.66. The van der Waals surface area contributed by atoms with Gasteiger partial charge in [0.25, 0.3) is 0 Å². The Kier molecular flexibility index (Phi) is 3.48. The van der Waals surface area contributed by atoms with Gasteiger partial charge in [0.05, 0.1) is 21.0 Å². The lowest BCUT2D eigenvalue weighted by molar-refractivity contribution is -0.138. The average Bonchev–Trinajstić information content (AvgIpc) is 2.77. The van der Waals surface area contributed by atoms with Crippen molar-refractivity contribution >= 4 is 64.0 Å². The Morgan fingerprint density at radius 1 is 1.18 bits per heavy atom. The van der Waals surface area contributed by atoms with Crippen molar-refractivity contribution in [1.82, 2.24) is 0 Å². The maximum absolute atomic E-state index is 10.9. The van der Waals surface area contributed by atoms with E-state index in [1.807, 2.05) is 0 Å². The third kappa shape index (κ3) is 2.22. The van der Waals surface area contributed by atoms with Gasteiger partial charge in [-0.2, -0.15) is 0 Å². The van der Waals surface area contributed by atoms with E-state index in [9.17, 15) is 4.79 Å². The molecule has 2 rings (SSSR count). The summed E-state index contributed by atoms with van der Waals surface area (Å²) in [6.07, 6.45) is 0. The van der Waals surface area contributed by atoms with Crippen LogP contribution in [-0.2, 0) is 4.79 Å². The number of carbonyl (C=O) groups is 1. The van der Waals surface area contributed by atoms with Gasteiger partial charge in [0.2, 0.25) is 0 Å². The largest absolute Gasteiger partial charge is 0.481 e. The second-order valence-electron chi connectivity index (χ2n) is 3.77. The smallest absolute Gasteiger partial charge is 0.310 e. The van der Waals surface area contributed by atoms with E-state index in [1.165, 1.54) is 12.1 Å². The van der Waals surface area contributed by atoms with E-state index in [-0.39, 0.29) is 15.1 Å². The van der Waals surface area contributed by atoms with Crippen molar-refractivity contribution in [3.05, 3.63) is 32.8 Å². The lowest BCUT2D eigenvalue weighted by atomic mass is 10.1. The van der Waals surface area contributed by atoms with Crippen LogP contribution in [0.25, 0.3) is 0 Å². The van der Waals surface area contributed by atoms with Gasteiger partial charge < -0.3 is 5.11 Å². The van der Waals surface area contributed by atoms with Crippen molar-refractivity contribution in [3.63, 3.8) is 0 Å². The van der Waals surface area contributed by atoms with Crippen LogP contribution in [0, 0.1) is 5.92 Å². The number of aliphatic carboxylic acids is 1. The number of rotatable bonds is 2. The minimum Gasteiger partial charge on any atom is -0.481 e. The molecular formula is C10H5Cl5O2. The summed E-state index contributed by atoms with van der Waals surface area (Å²) in [4.78, 5) is 10.9. The molecule has 0 saturated heterocycles. The fourth-order valence-corrected chi connectivity index (χ4v) is 3.23. The Bertz CT molecular complexity index is 476. The molecule has 17 heavy (non-hydrogen) atoms. The van der Waals surface area contributed by atoms with Crippen LogP contribution in [0.2, 0.25) is 15.1 Å². The monoisotopic (exact) mass is 332 g/mol. The second-order valence-corrected chi connectivity index (χ2v) is 6.40. The van der Waals surface area contributed by atoms with Gasteiger partial charge in [-0.05, 0) is 17.7 Å². The third-order valence-corrected chi connectivity index (χ3v) is 4.82. The van der Waals surface area contributed by atoms with Crippen molar-refractivity contribution < 1.29 is 9.90 Å². The molecule has 1 aromatic carbocycles. The molecule has 2 nitrogen and oxygen atoms in total. The van der Waals surface area contributed by atoms with Crippen molar-refractivity contribution in [2.45, 2.75) is 10.3 Å². The summed E-state index contributed by atoms with van der Waals surface area (Å²) >= 11 is 29.3. The molecule has 1 aliphatic carbocycles. The summed E-state index contributed by atoms with van der Waals surface area (Å²) in [5.74, 6) is -2.45. The molecule has 1 aliphatic rings. The lowest BCUT2D eigenvalue weighted by Gasteiger charge is -2.04. The number of hydrogen-bond donors (Lipinski definition) is 1. The zero-order chi connectivity index (χ0) is 13.0. The maximum atomic E-state index is 10.9. The second kappa shape index (κ2) is 4.36. The quantitative estimate of drug-likeness (QED) is 0.633. The molecule has 0 heterocycles. The molecule has 1 unspecified atom stereocenters. The molecule has 92 valence electrons. The summed E-state index contributed by atoms with van der Waals surface area (Å²) in [6.45, 7) is 0. The van der Waals surface area contributed by atoms with Crippen LogP contribution in [0.4, 0.5) is 0 Å². The zero-order valence-corrected chi connectivity index (χ0v) is 11.8. The first kappa shape index (κ1) is 13.6. The number of halogens is 5. The van der Waals surface area contributed by atoms with Crippen LogP contribution in [0.3, 0.4) is 0 Å². The van der Waals surface area contributed by atoms with Crippen LogP contribution in [0.1, 0.15) is 11.5 Å². The Morgan fingerprint density at radius 2 is 1.65 bits per heavy atom. The van der Waals surface area contributed by atoms with Gasteiger partial charge in [0.15, 0.2) is 0 Å². The molecule has 0 aromatic heterocycles. The first-order chi connectivity index (χ1) is 7.76. The molecule has 0 aliphatic heterocycles. The van der Waals surface area contributed by atoms with Crippen LogP contribution >= 0.6 is 58.0 Å². The minimum absolute atomic E-state index is 0.222. The highest BCUT2D eigenvalue weighted by Gasteiger charge is 2.68. The summed E-state index contributed by atoms with van der Waals surface area (Å²) in [6, 6.07) is 3.06. The molecule has 0 amide bonds. The lowest BCUT2D eigenvalue weighted by Crippen LogP contribution is -2.03.